The maximum absolute atomic E-state index is 12.1. The van der Waals surface area contributed by atoms with E-state index in [-0.39, 0.29) is 18.6 Å². The first kappa shape index (κ1) is 18.9. The highest BCUT2D eigenvalue weighted by atomic mass is 16.3. The second-order valence-electron chi connectivity index (χ2n) is 7.36. The third-order valence-corrected chi connectivity index (χ3v) is 5.42. The highest BCUT2D eigenvalue weighted by molar-refractivity contribution is 5.78. The number of fused-ring (bicyclic) bond motifs is 1. The highest BCUT2D eigenvalue weighted by Gasteiger charge is 2.21. The number of carbonyl (C=O) groups is 1. The molecule has 26 heavy (non-hydrogen) atoms. The molecule has 3 N–H and O–H groups in total. The zero-order valence-electron chi connectivity index (χ0n) is 15.8. The molecule has 6 nitrogen and oxygen atoms in total. The molecule has 1 aliphatic heterocycles. The number of aliphatic hydroxyl groups excluding tert-OH is 1. The molecule has 1 aliphatic rings. The van der Waals surface area contributed by atoms with Gasteiger partial charge in [-0.2, -0.15) is 0 Å². The predicted molar refractivity (Wildman–Crippen MR) is 103 cm³/mol. The molecular formula is C20H30N4O2. The molecule has 6 heteroatoms. The van der Waals surface area contributed by atoms with E-state index < -0.39 is 0 Å². The first-order chi connectivity index (χ1) is 12.6. The van der Waals surface area contributed by atoms with Gasteiger partial charge in [-0.15, -0.1) is 0 Å². The van der Waals surface area contributed by atoms with E-state index in [0.29, 0.717) is 19.4 Å². The van der Waals surface area contributed by atoms with Crippen LogP contribution in [0.15, 0.2) is 12.1 Å². The van der Waals surface area contributed by atoms with Gasteiger partial charge in [0.15, 0.2) is 0 Å². The second-order valence-corrected chi connectivity index (χ2v) is 7.36. The Hall–Kier alpha value is -1.92. The molecular weight excluding hydrogens is 328 g/mol. The van der Waals surface area contributed by atoms with E-state index in [1.165, 1.54) is 24.0 Å². The molecule has 1 fully saturated rings. The smallest absolute Gasteiger partial charge is 0.220 e. The van der Waals surface area contributed by atoms with Crippen molar-refractivity contribution in [1.82, 2.24) is 20.2 Å². The van der Waals surface area contributed by atoms with Gasteiger partial charge in [-0.1, -0.05) is 6.42 Å². The van der Waals surface area contributed by atoms with Gasteiger partial charge in [0.25, 0.3) is 0 Å². The molecule has 1 atom stereocenters. The molecule has 1 saturated heterocycles. The lowest BCUT2D eigenvalue weighted by atomic mass is 10.0. The largest absolute Gasteiger partial charge is 0.395 e. The summed E-state index contributed by atoms with van der Waals surface area (Å²) in [5.74, 6) is 0.909. The summed E-state index contributed by atoms with van der Waals surface area (Å²) in [4.78, 5) is 22.3. The first-order valence-corrected chi connectivity index (χ1v) is 9.64. The van der Waals surface area contributed by atoms with E-state index >= 15 is 0 Å². The normalized spacial score (nSPS) is 18.3. The first-order valence-electron chi connectivity index (χ1n) is 9.64. The number of amides is 1. The number of aromatic nitrogens is 2. The second kappa shape index (κ2) is 8.64. The molecule has 0 saturated carbocycles. The van der Waals surface area contributed by atoms with Crippen molar-refractivity contribution in [3.05, 3.63) is 29.1 Å². The molecule has 2 heterocycles. The fourth-order valence-electron chi connectivity index (χ4n) is 3.66. The number of hydrogen-bond donors (Lipinski definition) is 3. The number of likely N-dealkylation sites (tertiary alicyclic amines) is 1. The lowest BCUT2D eigenvalue weighted by Gasteiger charge is -2.34. The average Bonchev–Trinajstić information content (AvgIpc) is 3.02. The Kier molecular flexibility index (Phi) is 6.27. The Morgan fingerprint density at radius 3 is 2.96 bits per heavy atom. The number of nitrogens with one attached hydrogen (secondary N) is 2. The fourth-order valence-corrected chi connectivity index (χ4v) is 3.66. The van der Waals surface area contributed by atoms with Gasteiger partial charge in [0.1, 0.15) is 5.82 Å². The highest BCUT2D eigenvalue weighted by Crippen LogP contribution is 2.18. The predicted octanol–water partition coefficient (Wildman–Crippen LogP) is 2.08. The van der Waals surface area contributed by atoms with Crippen LogP contribution in [0.2, 0.25) is 0 Å². The van der Waals surface area contributed by atoms with Crippen molar-refractivity contribution in [3.63, 3.8) is 0 Å². The van der Waals surface area contributed by atoms with Crippen molar-refractivity contribution < 1.29 is 9.90 Å². The number of carbonyl (C=O) groups excluding carboxylic acids is 1. The molecule has 1 amide bonds. The third kappa shape index (κ3) is 4.62. The van der Waals surface area contributed by atoms with E-state index in [0.717, 1.165) is 36.4 Å². The molecule has 1 aromatic carbocycles. The number of aromatic amines is 1. The quantitative estimate of drug-likeness (QED) is 0.708. The fraction of sp³-hybridized carbons (Fsp3) is 0.600. The molecule has 0 aliphatic carbocycles. The number of imidazole rings is 1. The van der Waals surface area contributed by atoms with Crippen molar-refractivity contribution >= 4 is 16.9 Å². The number of piperidine rings is 1. The lowest BCUT2D eigenvalue weighted by molar-refractivity contribution is -0.121. The standard InChI is InChI=1S/C20H30N4O2/c1-14-11-17-18(12-15(14)2)23-19(22-17)6-7-20(26)21-8-10-24-9-4-3-5-16(24)13-25/h11-12,16,25H,3-10,13H2,1-2H3,(H,21,26)(H,22,23)/t16-/m1/s1. The zero-order chi connectivity index (χ0) is 18.5. The van der Waals surface area contributed by atoms with E-state index in [9.17, 15) is 9.90 Å². The van der Waals surface area contributed by atoms with Crippen molar-refractivity contribution in [2.75, 3.05) is 26.2 Å². The van der Waals surface area contributed by atoms with Crippen LogP contribution in [0.4, 0.5) is 0 Å². The van der Waals surface area contributed by atoms with Gasteiger partial charge in [-0.05, 0) is 56.5 Å². The Morgan fingerprint density at radius 1 is 1.35 bits per heavy atom. The van der Waals surface area contributed by atoms with E-state index in [4.69, 9.17) is 0 Å². The van der Waals surface area contributed by atoms with E-state index in [1.807, 2.05) is 0 Å². The van der Waals surface area contributed by atoms with Crippen LogP contribution in [0.5, 0.6) is 0 Å². The van der Waals surface area contributed by atoms with Crippen LogP contribution in [-0.2, 0) is 11.2 Å². The molecule has 0 bridgehead atoms. The Bertz CT molecular complexity index is 717. The molecule has 0 unspecified atom stereocenters. The van der Waals surface area contributed by atoms with Gasteiger partial charge in [-0.3, -0.25) is 9.69 Å². The van der Waals surface area contributed by atoms with Crippen molar-refractivity contribution in [2.45, 2.75) is 52.0 Å². The van der Waals surface area contributed by atoms with Crippen LogP contribution in [0, 0.1) is 13.8 Å². The minimum absolute atomic E-state index is 0.0513. The summed E-state index contributed by atoms with van der Waals surface area (Å²) in [6.07, 6.45) is 4.46. The van der Waals surface area contributed by atoms with Crippen LogP contribution in [0.25, 0.3) is 11.0 Å². The van der Waals surface area contributed by atoms with Crippen LogP contribution in [0.3, 0.4) is 0 Å². The van der Waals surface area contributed by atoms with Gasteiger partial charge < -0.3 is 15.4 Å². The zero-order valence-corrected chi connectivity index (χ0v) is 15.8. The van der Waals surface area contributed by atoms with Gasteiger partial charge in [-0.25, -0.2) is 4.98 Å². The van der Waals surface area contributed by atoms with Gasteiger partial charge in [0.05, 0.1) is 17.6 Å². The van der Waals surface area contributed by atoms with E-state index in [1.54, 1.807) is 0 Å². The molecule has 3 rings (SSSR count). The van der Waals surface area contributed by atoms with Crippen molar-refractivity contribution in [1.29, 1.82) is 0 Å². The number of aliphatic hydroxyl groups is 1. The lowest BCUT2D eigenvalue weighted by Crippen LogP contribution is -2.45. The van der Waals surface area contributed by atoms with Crippen molar-refractivity contribution in [2.24, 2.45) is 0 Å². The maximum atomic E-state index is 12.1. The third-order valence-electron chi connectivity index (χ3n) is 5.42. The summed E-state index contributed by atoms with van der Waals surface area (Å²) in [5, 5.41) is 12.4. The van der Waals surface area contributed by atoms with Crippen LogP contribution in [0.1, 0.15) is 42.6 Å². The van der Waals surface area contributed by atoms with Crippen LogP contribution >= 0.6 is 0 Å². The minimum Gasteiger partial charge on any atom is -0.395 e. The number of hydrogen-bond acceptors (Lipinski definition) is 4. The minimum atomic E-state index is 0.0513. The number of H-pyrrole nitrogens is 1. The van der Waals surface area contributed by atoms with E-state index in [2.05, 4.69) is 46.2 Å². The topological polar surface area (TPSA) is 81.2 Å². The summed E-state index contributed by atoms with van der Waals surface area (Å²) in [6, 6.07) is 4.45. The van der Waals surface area contributed by atoms with Crippen LogP contribution < -0.4 is 5.32 Å². The number of nitrogens with zero attached hydrogens (tertiary/aromatic N) is 2. The summed E-state index contributed by atoms with van der Waals surface area (Å²) in [7, 11) is 0. The number of aryl methyl sites for hydroxylation is 3. The molecule has 142 valence electrons. The Labute approximate surface area is 155 Å². The summed E-state index contributed by atoms with van der Waals surface area (Å²) in [5.41, 5.74) is 4.46. The molecule has 2 aromatic rings. The monoisotopic (exact) mass is 358 g/mol. The van der Waals surface area contributed by atoms with Crippen molar-refractivity contribution in [3.8, 4) is 0 Å². The van der Waals surface area contributed by atoms with Crippen LogP contribution in [-0.4, -0.2) is 58.2 Å². The molecule has 1 aromatic heterocycles. The summed E-state index contributed by atoms with van der Waals surface area (Å²) >= 11 is 0. The molecule has 0 radical (unpaired) electrons. The number of rotatable bonds is 7. The van der Waals surface area contributed by atoms with Gasteiger partial charge >= 0.3 is 0 Å². The number of benzene rings is 1. The summed E-state index contributed by atoms with van der Waals surface area (Å²) in [6.45, 7) is 6.83. The Balaban J connectivity index is 1.44. The summed E-state index contributed by atoms with van der Waals surface area (Å²) < 4.78 is 0. The Morgan fingerprint density at radius 2 is 2.15 bits per heavy atom. The van der Waals surface area contributed by atoms with Gasteiger partial charge in [0, 0.05) is 32.0 Å². The average molecular weight is 358 g/mol. The SMILES string of the molecule is Cc1cc2nc(CCC(=O)NCCN3CCCC[C@@H]3CO)[nH]c2cc1C. The van der Waals surface area contributed by atoms with Gasteiger partial charge in [0.2, 0.25) is 5.91 Å². The maximum Gasteiger partial charge on any atom is 0.220 e. The molecule has 0 spiro atoms.